The molecule has 0 saturated heterocycles. The molecule has 8 heteroatoms. The van der Waals surface area contributed by atoms with Gasteiger partial charge in [0.1, 0.15) is 0 Å². The number of amides is 1. The van der Waals surface area contributed by atoms with Crippen LogP contribution in [0.2, 0.25) is 0 Å². The van der Waals surface area contributed by atoms with Gasteiger partial charge in [-0.1, -0.05) is 6.07 Å². The van der Waals surface area contributed by atoms with Gasteiger partial charge < -0.3 is 9.73 Å². The number of hydrogen-bond donors (Lipinski definition) is 1. The minimum atomic E-state index is -4.47. The molecule has 0 aliphatic rings. The van der Waals surface area contributed by atoms with E-state index in [-0.39, 0.29) is 11.3 Å². The van der Waals surface area contributed by atoms with Crippen LogP contribution in [0.15, 0.2) is 52.9 Å². The van der Waals surface area contributed by atoms with Crippen LogP contribution in [0.1, 0.15) is 21.8 Å². The maximum absolute atomic E-state index is 12.7. The van der Waals surface area contributed by atoms with Gasteiger partial charge in [0.15, 0.2) is 0 Å². The van der Waals surface area contributed by atoms with Crippen LogP contribution in [0.5, 0.6) is 0 Å². The van der Waals surface area contributed by atoms with Gasteiger partial charge in [0.05, 0.1) is 5.56 Å². The average molecular weight is 347 g/mol. The van der Waals surface area contributed by atoms with E-state index >= 15 is 0 Å². The molecule has 0 atom stereocenters. The van der Waals surface area contributed by atoms with Crippen molar-refractivity contribution in [2.24, 2.45) is 0 Å². The molecule has 0 fully saturated rings. The maximum Gasteiger partial charge on any atom is 0.416 e. The van der Waals surface area contributed by atoms with Crippen molar-refractivity contribution in [2.45, 2.75) is 13.1 Å². The second-order valence-electron chi connectivity index (χ2n) is 5.24. The lowest BCUT2D eigenvalue weighted by Gasteiger charge is -2.10. The summed E-state index contributed by atoms with van der Waals surface area (Å²) in [5, 5.41) is 10.0. The molecule has 1 aromatic heterocycles. The maximum atomic E-state index is 12.7. The minimum Gasteiger partial charge on any atom is -0.421 e. The van der Waals surface area contributed by atoms with E-state index in [4.69, 9.17) is 4.42 Å². The van der Waals surface area contributed by atoms with Crippen molar-refractivity contribution in [3.8, 4) is 11.5 Å². The van der Waals surface area contributed by atoms with E-state index in [2.05, 4.69) is 15.5 Å². The number of carbonyl (C=O) groups is 1. The predicted octanol–water partition coefficient (Wildman–Crippen LogP) is 4.32. The highest BCUT2D eigenvalue weighted by atomic mass is 19.4. The van der Waals surface area contributed by atoms with Crippen LogP contribution >= 0.6 is 0 Å². The number of rotatable bonds is 3. The van der Waals surface area contributed by atoms with Crippen LogP contribution < -0.4 is 5.32 Å². The first kappa shape index (κ1) is 16.7. The molecule has 1 heterocycles. The molecule has 3 aromatic rings. The topological polar surface area (TPSA) is 68.0 Å². The van der Waals surface area contributed by atoms with Crippen LogP contribution in [0, 0.1) is 6.92 Å². The van der Waals surface area contributed by atoms with Crippen LogP contribution in [-0.4, -0.2) is 16.1 Å². The van der Waals surface area contributed by atoms with Crippen LogP contribution in [0.4, 0.5) is 18.9 Å². The fourth-order valence-corrected chi connectivity index (χ4v) is 2.15. The van der Waals surface area contributed by atoms with Crippen molar-refractivity contribution in [1.29, 1.82) is 0 Å². The third-order valence-electron chi connectivity index (χ3n) is 3.37. The first-order valence-corrected chi connectivity index (χ1v) is 7.22. The summed E-state index contributed by atoms with van der Waals surface area (Å²) in [6, 6.07) is 10.7. The summed E-state index contributed by atoms with van der Waals surface area (Å²) in [6.07, 6.45) is -4.47. The molecular formula is C17H12F3N3O2. The molecule has 2 aromatic carbocycles. The molecule has 128 valence electrons. The Kier molecular flexibility index (Phi) is 4.26. The molecule has 1 amide bonds. The van der Waals surface area contributed by atoms with Crippen LogP contribution in [0.3, 0.4) is 0 Å². The van der Waals surface area contributed by atoms with E-state index in [0.717, 1.165) is 12.1 Å². The lowest BCUT2D eigenvalue weighted by Crippen LogP contribution is -2.13. The molecule has 0 unspecified atom stereocenters. The van der Waals surface area contributed by atoms with Gasteiger partial charge in [-0.3, -0.25) is 4.79 Å². The number of nitrogens with zero attached hydrogens (tertiary/aromatic N) is 2. The van der Waals surface area contributed by atoms with E-state index in [0.29, 0.717) is 17.3 Å². The SMILES string of the molecule is Cc1nnc(-c2ccc(C(=O)Nc3cccc(C(F)(F)F)c3)cc2)o1. The Morgan fingerprint density at radius 1 is 1.08 bits per heavy atom. The molecular weight excluding hydrogens is 335 g/mol. The Hall–Kier alpha value is -3.16. The van der Waals surface area contributed by atoms with Gasteiger partial charge in [-0.05, 0) is 42.5 Å². The quantitative estimate of drug-likeness (QED) is 0.766. The Morgan fingerprint density at radius 2 is 1.80 bits per heavy atom. The standard InChI is InChI=1S/C17H12F3N3O2/c1-10-22-23-16(25-10)12-7-5-11(6-8-12)15(24)21-14-4-2-3-13(9-14)17(18,19)20/h2-9H,1H3,(H,21,24). The van der Waals surface area contributed by atoms with Gasteiger partial charge in [0.2, 0.25) is 11.8 Å². The van der Waals surface area contributed by atoms with E-state index < -0.39 is 17.6 Å². The highest BCUT2D eigenvalue weighted by Gasteiger charge is 2.30. The molecule has 0 spiro atoms. The number of aromatic nitrogens is 2. The second-order valence-corrected chi connectivity index (χ2v) is 5.24. The van der Waals surface area contributed by atoms with Gasteiger partial charge in [0.25, 0.3) is 5.91 Å². The summed E-state index contributed by atoms with van der Waals surface area (Å²) in [7, 11) is 0. The lowest BCUT2D eigenvalue weighted by molar-refractivity contribution is -0.137. The summed E-state index contributed by atoms with van der Waals surface area (Å²) in [6.45, 7) is 1.66. The number of nitrogens with one attached hydrogen (secondary N) is 1. The normalized spacial score (nSPS) is 11.4. The second kappa shape index (κ2) is 6.39. The summed E-state index contributed by atoms with van der Waals surface area (Å²) in [5.74, 6) is 0.219. The molecule has 0 aliphatic heterocycles. The zero-order valence-electron chi connectivity index (χ0n) is 13.0. The molecule has 0 bridgehead atoms. The number of carbonyl (C=O) groups excluding carboxylic acids is 1. The number of aryl methyl sites for hydroxylation is 1. The summed E-state index contributed by atoms with van der Waals surface area (Å²) < 4.78 is 43.4. The van der Waals surface area contributed by atoms with E-state index in [1.807, 2.05) is 0 Å². The monoisotopic (exact) mass is 347 g/mol. The number of halogens is 3. The molecule has 25 heavy (non-hydrogen) atoms. The molecule has 1 N–H and O–H groups in total. The number of anilines is 1. The predicted molar refractivity (Wildman–Crippen MR) is 83.9 cm³/mol. The Bertz CT molecular complexity index is 902. The zero-order valence-corrected chi connectivity index (χ0v) is 13.0. The largest absolute Gasteiger partial charge is 0.421 e. The smallest absolute Gasteiger partial charge is 0.416 e. The van der Waals surface area contributed by atoms with Crippen molar-refractivity contribution in [3.63, 3.8) is 0 Å². The third-order valence-corrected chi connectivity index (χ3v) is 3.37. The Balaban J connectivity index is 1.75. The van der Waals surface area contributed by atoms with Gasteiger partial charge >= 0.3 is 6.18 Å². The first-order chi connectivity index (χ1) is 11.8. The molecule has 5 nitrogen and oxygen atoms in total. The summed E-state index contributed by atoms with van der Waals surface area (Å²) >= 11 is 0. The molecule has 3 rings (SSSR count). The number of benzene rings is 2. The molecule has 0 aliphatic carbocycles. The highest BCUT2D eigenvalue weighted by molar-refractivity contribution is 6.04. The van der Waals surface area contributed by atoms with E-state index in [1.54, 1.807) is 19.1 Å². The number of alkyl halides is 3. The Morgan fingerprint density at radius 3 is 2.40 bits per heavy atom. The summed E-state index contributed by atoms with van der Waals surface area (Å²) in [5.41, 5.74) is 0.164. The highest BCUT2D eigenvalue weighted by Crippen LogP contribution is 2.30. The van der Waals surface area contributed by atoms with Crippen molar-refractivity contribution in [2.75, 3.05) is 5.32 Å². The number of hydrogen-bond acceptors (Lipinski definition) is 4. The van der Waals surface area contributed by atoms with Gasteiger partial charge in [0, 0.05) is 23.7 Å². The first-order valence-electron chi connectivity index (χ1n) is 7.22. The minimum absolute atomic E-state index is 0.0661. The molecule has 0 saturated carbocycles. The fraction of sp³-hybridized carbons (Fsp3) is 0.118. The van der Waals surface area contributed by atoms with Crippen molar-refractivity contribution in [1.82, 2.24) is 10.2 Å². The third kappa shape index (κ3) is 3.85. The zero-order chi connectivity index (χ0) is 18.0. The lowest BCUT2D eigenvalue weighted by atomic mass is 10.1. The van der Waals surface area contributed by atoms with Crippen LogP contribution in [-0.2, 0) is 6.18 Å². The Labute approximate surface area is 140 Å². The molecule has 0 radical (unpaired) electrons. The van der Waals surface area contributed by atoms with Gasteiger partial charge in [-0.25, -0.2) is 0 Å². The van der Waals surface area contributed by atoms with Gasteiger partial charge in [-0.2, -0.15) is 13.2 Å². The van der Waals surface area contributed by atoms with Crippen molar-refractivity contribution < 1.29 is 22.4 Å². The van der Waals surface area contributed by atoms with Crippen molar-refractivity contribution in [3.05, 3.63) is 65.5 Å². The van der Waals surface area contributed by atoms with Gasteiger partial charge in [-0.15, -0.1) is 10.2 Å². The fourth-order valence-electron chi connectivity index (χ4n) is 2.15. The van der Waals surface area contributed by atoms with Crippen LogP contribution in [0.25, 0.3) is 11.5 Å². The summed E-state index contributed by atoms with van der Waals surface area (Å²) in [4.78, 5) is 12.2. The van der Waals surface area contributed by atoms with E-state index in [1.165, 1.54) is 24.3 Å². The van der Waals surface area contributed by atoms with E-state index in [9.17, 15) is 18.0 Å². The average Bonchev–Trinajstić information content (AvgIpc) is 3.01. The van der Waals surface area contributed by atoms with Crippen molar-refractivity contribution >= 4 is 11.6 Å².